The van der Waals surface area contributed by atoms with Gasteiger partial charge in [0, 0.05) is 16.7 Å². The maximum Gasteiger partial charge on any atom is 0.219 e. The molecule has 1 aromatic heterocycles. The number of hydrogen-bond acceptors (Lipinski definition) is 3. The molecular weight excluding hydrogens is 362 g/mol. The molecule has 0 bridgehead atoms. The zero-order chi connectivity index (χ0) is 13.1. The van der Waals surface area contributed by atoms with Crippen molar-refractivity contribution in [1.29, 1.82) is 0 Å². The molecule has 3 nitrogen and oxygen atoms in total. The normalized spacial score (nSPS) is 12.2. The Morgan fingerprint density at radius 3 is 2.56 bits per heavy atom. The van der Waals surface area contributed by atoms with Crippen LogP contribution in [0.4, 0.5) is 0 Å². The SMILES string of the molecule is C[C@H](O)c1ccc(Oc2ccc(Br)cc2Br)nc1. The number of pyridine rings is 1. The fourth-order valence-electron chi connectivity index (χ4n) is 1.37. The van der Waals surface area contributed by atoms with Crippen molar-refractivity contribution < 1.29 is 9.84 Å². The predicted octanol–water partition coefficient (Wildman–Crippen LogP) is 4.45. The lowest BCUT2D eigenvalue weighted by molar-refractivity contribution is 0.198. The van der Waals surface area contributed by atoms with Gasteiger partial charge in [-0.25, -0.2) is 4.98 Å². The minimum Gasteiger partial charge on any atom is -0.438 e. The molecule has 1 heterocycles. The highest BCUT2D eigenvalue weighted by Crippen LogP contribution is 2.31. The Morgan fingerprint density at radius 1 is 1.22 bits per heavy atom. The minimum absolute atomic E-state index is 0.488. The Morgan fingerprint density at radius 2 is 2.00 bits per heavy atom. The smallest absolute Gasteiger partial charge is 0.219 e. The summed E-state index contributed by atoms with van der Waals surface area (Å²) in [7, 11) is 0. The number of halogens is 2. The molecule has 2 aromatic rings. The summed E-state index contributed by atoms with van der Waals surface area (Å²) in [4.78, 5) is 4.14. The van der Waals surface area contributed by atoms with Crippen LogP contribution in [0.5, 0.6) is 11.6 Å². The third kappa shape index (κ3) is 3.31. The van der Waals surface area contributed by atoms with Gasteiger partial charge in [-0.2, -0.15) is 0 Å². The van der Waals surface area contributed by atoms with Crippen molar-refractivity contribution in [3.63, 3.8) is 0 Å². The van der Waals surface area contributed by atoms with Gasteiger partial charge in [-0.05, 0) is 52.7 Å². The van der Waals surface area contributed by atoms with Crippen LogP contribution in [0.3, 0.4) is 0 Å². The number of hydrogen-bond donors (Lipinski definition) is 1. The van der Waals surface area contributed by atoms with Gasteiger partial charge < -0.3 is 9.84 Å². The molecule has 0 unspecified atom stereocenters. The predicted molar refractivity (Wildman–Crippen MR) is 76.8 cm³/mol. The number of nitrogens with zero attached hydrogens (tertiary/aromatic N) is 1. The lowest BCUT2D eigenvalue weighted by Gasteiger charge is -2.08. The van der Waals surface area contributed by atoms with E-state index in [2.05, 4.69) is 36.8 Å². The van der Waals surface area contributed by atoms with E-state index >= 15 is 0 Å². The van der Waals surface area contributed by atoms with Gasteiger partial charge in [0.15, 0.2) is 0 Å². The van der Waals surface area contributed by atoms with Crippen molar-refractivity contribution in [2.24, 2.45) is 0 Å². The number of ether oxygens (including phenoxy) is 1. The van der Waals surface area contributed by atoms with E-state index in [1.54, 1.807) is 25.3 Å². The van der Waals surface area contributed by atoms with Crippen LogP contribution in [0, 0.1) is 0 Å². The highest BCUT2D eigenvalue weighted by atomic mass is 79.9. The third-order valence-corrected chi connectivity index (χ3v) is 3.46. The summed E-state index contributed by atoms with van der Waals surface area (Å²) in [6.45, 7) is 1.70. The van der Waals surface area contributed by atoms with Crippen molar-refractivity contribution in [3.8, 4) is 11.6 Å². The summed E-state index contributed by atoms with van der Waals surface area (Å²) in [5.74, 6) is 1.18. The molecule has 1 aromatic carbocycles. The molecule has 0 aliphatic carbocycles. The Bertz CT molecular complexity index is 541. The zero-order valence-corrected chi connectivity index (χ0v) is 12.8. The number of aliphatic hydroxyl groups excluding tert-OH is 1. The maximum absolute atomic E-state index is 9.39. The van der Waals surface area contributed by atoms with E-state index in [4.69, 9.17) is 4.74 Å². The van der Waals surface area contributed by atoms with Crippen LogP contribution in [0.1, 0.15) is 18.6 Å². The van der Waals surface area contributed by atoms with E-state index in [1.807, 2.05) is 18.2 Å². The Hall–Kier alpha value is -0.910. The minimum atomic E-state index is -0.522. The highest BCUT2D eigenvalue weighted by molar-refractivity contribution is 9.11. The van der Waals surface area contributed by atoms with Gasteiger partial charge in [-0.3, -0.25) is 0 Å². The van der Waals surface area contributed by atoms with E-state index in [0.29, 0.717) is 11.6 Å². The molecule has 0 aliphatic heterocycles. The molecule has 2 rings (SSSR count). The molecule has 94 valence electrons. The quantitative estimate of drug-likeness (QED) is 0.865. The number of aliphatic hydroxyl groups is 1. The topological polar surface area (TPSA) is 42.4 Å². The molecule has 5 heteroatoms. The second-order valence-electron chi connectivity index (χ2n) is 3.78. The average molecular weight is 373 g/mol. The summed E-state index contributed by atoms with van der Waals surface area (Å²) in [6, 6.07) is 9.17. The maximum atomic E-state index is 9.39. The molecule has 0 spiro atoms. The Kier molecular flexibility index (Phi) is 4.37. The Balaban J connectivity index is 2.18. The van der Waals surface area contributed by atoms with Gasteiger partial charge in [-0.1, -0.05) is 15.9 Å². The molecule has 18 heavy (non-hydrogen) atoms. The first kappa shape index (κ1) is 13.5. The van der Waals surface area contributed by atoms with Crippen molar-refractivity contribution in [1.82, 2.24) is 4.98 Å². The molecule has 0 amide bonds. The number of benzene rings is 1. The summed E-state index contributed by atoms with van der Waals surface area (Å²) >= 11 is 6.80. The first-order valence-corrected chi connectivity index (χ1v) is 6.92. The highest BCUT2D eigenvalue weighted by Gasteiger charge is 2.06. The van der Waals surface area contributed by atoms with Gasteiger partial charge in [-0.15, -0.1) is 0 Å². The van der Waals surface area contributed by atoms with E-state index in [0.717, 1.165) is 14.5 Å². The summed E-state index contributed by atoms with van der Waals surface area (Å²) in [6.07, 6.45) is 1.08. The zero-order valence-electron chi connectivity index (χ0n) is 9.60. The van der Waals surface area contributed by atoms with Gasteiger partial charge in [0.25, 0.3) is 0 Å². The molecule has 0 saturated heterocycles. The lowest BCUT2D eigenvalue weighted by atomic mass is 10.2. The fourth-order valence-corrected chi connectivity index (χ4v) is 2.50. The second-order valence-corrected chi connectivity index (χ2v) is 5.55. The van der Waals surface area contributed by atoms with Crippen molar-refractivity contribution in [3.05, 3.63) is 51.0 Å². The first-order valence-electron chi connectivity index (χ1n) is 5.33. The standard InChI is InChI=1S/C13H11Br2NO2/c1-8(17)9-2-5-13(16-7-9)18-12-4-3-10(14)6-11(12)15/h2-8,17H,1H3/t8-/m0/s1. The van der Waals surface area contributed by atoms with E-state index in [9.17, 15) is 5.11 Å². The van der Waals surface area contributed by atoms with Crippen LogP contribution < -0.4 is 4.74 Å². The largest absolute Gasteiger partial charge is 0.438 e. The summed E-state index contributed by atoms with van der Waals surface area (Å²) < 4.78 is 7.46. The van der Waals surface area contributed by atoms with E-state index in [1.165, 1.54) is 0 Å². The number of rotatable bonds is 3. The summed E-state index contributed by atoms with van der Waals surface area (Å²) in [5, 5.41) is 9.39. The van der Waals surface area contributed by atoms with Crippen LogP contribution in [0.15, 0.2) is 45.5 Å². The van der Waals surface area contributed by atoms with E-state index < -0.39 is 6.10 Å². The molecule has 0 aliphatic rings. The molecule has 0 fully saturated rings. The molecule has 0 radical (unpaired) electrons. The van der Waals surface area contributed by atoms with E-state index in [-0.39, 0.29) is 0 Å². The van der Waals surface area contributed by atoms with Crippen LogP contribution in [-0.2, 0) is 0 Å². The third-order valence-electron chi connectivity index (χ3n) is 2.35. The number of aromatic nitrogens is 1. The Labute approximate surface area is 122 Å². The summed E-state index contributed by atoms with van der Waals surface area (Å²) in [5.41, 5.74) is 0.761. The van der Waals surface area contributed by atoms with Gasteiger partial charge in [0.2, 0.25) is 5.88 Å². The lowest BCUT2D eigenvalue weighted by Crippen LogP contribution is -1.94. The van der Waals surface area contributed by atoms with Crippen LogP contribution >= 0.6 is 31.9 Å². The molecule has 1 atom stereocenters. The molecule has 1 N–H and O–H groups in total. The van der Waals surface area contributed by atoms with Crippen LogP contribution in [-0.4, -0.2) is 10.1 Å². The van der Waals surface area contributed by atoms with Crippen molar-refractivity contribution >= 4 is 31.9 Å². The van der Waals surface area contributed by atoms with Gasteiger partial charge in [0.1, 0.15) is 5.75 Å². The van der Waals surface area contributed by atoms with Crippen molar-refractivity contribution in [2.45, 2.75) is 13.0 Å². The average Bonchev–Trinajstić information content (AvgIpc) is 2.33. The van der Waals surface area contributed by atoms with Crippen LogP contribution in [0.2, 0.25) is 0 Å². The van der Waals surface area contributed by atoms with Crippen molar-refractivity contribution in [2.75, 3.05) is 0 Å². The van der Waals surface area contributed by atoms with Gasteiger partial charge >= 0.3 is 0 Å². The first-order chi connectivity index (χ1) is 8.56. The van der Waals surface area contributed by atoms with Gasteiger partial charge in [0.05, 0.1) is 10.6 Å². The molecule has 0 saturated carbocycles. The van der Waals surface area contributed by atoms with Crippen LogP contribution in [0.25, 0.3) is 0 Å². The fraction of sp³-hybridized carbons (Fsp3) is 0.154. The monoisotopic (exact) mass is 371 g/mol. The second kappa shape index (κ2) is 5.82. The molecular formula is C13H11Br2NO2.